The molecule has 0 saturated carbocycles. The van der Waals surface area contributed by atoms with Crippen LogP contribution in [0.1, 0.15) is 13.3 Å². The molecule has 0 aliphatic carbocycles. The smallest absolute Gasteiger partial charge is 0.0670 e. The summed E-state index contributed by atoms with van der Waals surface area (Å²) in [5, 5.41) is 0. The van der Waals surface area contributed by atoms with Crippen molar-refractivity contribution in [3.63, 3.8) is 0 Å². The molecular formula is C3H8FP. The van der Waals surface area contributed by atoms with E-state index >= 15 is 0 Å². The van der Waals surface area contributed by atoms with E-state index in [1.54, 1.807) is 0 Å². The average Bonchev–Trinajstić information content (AvgIpc) is 1.41. The fraction of sp³-hybridized carbons (Fsp3) is 1.00. The first-order chi connectivity index (χ1) is 2.41. The largest absolute Gasteiger partial charge is 0.231 e. The van der Waals surface area contributed by atoms with Gasteiger partial charge in [0, 0.05) is 0 Å². The molecule has 5 heavy (non-hydrogen) atoms. The lowest BCUT2D eigenvalue weighted by atomic mass is 10.6. The van der Waals surface area contributed by atoms with Gasteiger partial charge in [0.15, 0.2) is 0 Å². The summed E-state index contributed by atoms with van der Waals surface area (Å²) in [6, 6.07) is 0. The van der Waals surface area contributed by atoms with Crippen molar-refractivity contribution in [2.45, 2.75) is 13.3 Å². The van der Waals surface area contributed by atoms with Crippen LogP contribution in [0.5, 0.6) is 0 Å². The fourth-order valence-corrected chi connectivity index (χ4v) is 0.283. The molecule has 1 atom stereocenters. The van der Waals surface area contributed by atoms with E-state index in [1.807, 2.05) is 6.92 Å². The van der Waals surface area contributed by atoms with Crippen molar-refractivity contribution in [1.82, 2.24) is 0 Å². The third-order valence-corrected chi connectivity index (χ3v) is 1.03. The van der Waals surface area contributed by atoms with Crippen molar-refractivity contribution in [2.24, 2.45) is 0 Å². The summed E-state index contributed by atoms with van der Waals surface area (Å²) < 4.78 is 11.0. The average molecular weight is 94.1 g/mol. The third kappa shape index (κ3) is 4.36. The maximum atomic E-state index is 11.0. The van der Waals surface area contributed by atoms with Gasteiger partial charge in [-0.15, -0.1) is 0 Å². The zero-order valence-electron chi connectivity index (χ0n) is 3.29. The van der Waals surface area contributed by atoms with E-state index in [-0.39, 0.29) is 8.89 Å². The van der Waals surface area contributed by atoms with E-state index < -0.39 is 0 Å². The summed E-state index contributed by atoms with van der Waals surface area (Å²) in [6.45, 7) is 1.98. The van der Waals surface area contributed by atoms with Crippen LogP contribution in [-0.4, -0.2) is 6.16 Å². The molecule has 0 aromatic rings. The molecule has 0 saturated heterocycles. The molecule has 32 valence electrons. The lowest BCUT2D eigenvalue weighted by Crippen LogP contribution is -1.58. The molecule has 0 bridgehead atoms. The van der Waals surface area contributed by atoms with Crippen LogP contribution in [0.2, 0.25) is 0 Å². The van der Waals surface area contributed by atoms with Gasteiger partial charge in [0.05, 0.1) is 8.89 Å². The SMILES string of the molecule is CCCPF. The van der Waals surface area contributed by atoms with Crippen molar-refractivity contribution < 1.29 is 4.20 Å². The Labute approximate surface area is 33.7 Å². The Balaban J connectivity index is 2.19. The van der Waals surface area contributed by atoms with Crippen molar-refractivity contribution >= 4 is 8.89 Å². The molecule has 0 aromatic carbocycles. The Morgan fingerprint density at radius 3 is 2.40 bits per heavy atom. The van der Waals surface area contributed by atoms with E-state index in [0.717, 1.165) is 12.6 Å². The van der Waals surface area contributed by atoms with Gasteiger partial charge in [-0.05, 0) is 6.16 Å². The lowest BCUT2D eigenvalue weighted by Gasteiger charge is -1.76. The molecule has 0 N–H and O–H groups in total. The van der Waals surface area contributed by atoms with Crippen molar-refractivity contribution in [3.8, 4) is 0 Å². The minimum absolute atomic E-state index is 0.342. The van der Waals surface area contributed by atoms with Crippen LogP contribution in [0.3, 0.4) is 0 Å². The standard InChI is InChI=1S/C3H8FP/c1-2-3-5-4/h5H,2-3H2,1H3. The first kappa shape index (κ1) is 5.36. The molecule has 0 rings (SSSR count). The van der Waals surface area contributed by atoms with E-state index in [2.05, 4.69) is 0 Å². The second-order valence-corrected chi connectivity index (χ2v) is 1.65. The molecular weight excluding hydrogens is 86.0 g/mol. The molecule has 1 unspecified atom stereocenters. The van der Waals surface area contributed by atoms with Gasteiger partial charge >= 0.3 is 0 Å². The summed E-state index contributed by atoms with van der Waals surface area (Å²) in [4.78, 5) is 0. The Bertz CT molecular complexity index is 14.4. The highest BCUT2D eigenvalue weighted by molar-refractivity contribution is 7.31. The van der Waals surface area contributed by atoms with Gasteiger partial charge in [-0.3, -0.25) is 0 Å². The summed E-state index contributed by atoms with van der Waals surface area (Å²) >= 11 is 0. The van der Waals surface area contributed by atoms with Gasteiger partial charge in [0.2, 0.25) is 0 Å². The van der Waals surface area contributed by atoms with Crippen LogP contribution in [0, 0.1) is 0 Å². The third-order valence-electron chi connectivity index (χ3n) is 0.344. The van der Waals surface area contributed by atoms with Crippen LogP contribution in [0.25, 0.3) is 0 Å². The predicted octanol–water partition coefficient (Wildman–Crippen LogP) is 1.96. The molecule has 0 nitrogen and oxygen atoms in total. The van der Waals surface area contributed by atoms with Gasteiger partial charge in [0.1, 0.15) is 0 Å². The number of hydrogen-bond donors (Lipinski definition) is 0. The van der Waals surface area contributed by atoms with E-state index in [0.29, 0.717) is 0 Å². The molecule has 0 spiro atoms. The van der Waals surface area contributed by atoms with Crippen LogP contribution < -0.4 is 0 Å². The summed E-state index contributed by atoms with van der Waals surface area (Å²) in [5.41, 5.74) is 0. The maximum Gasteiger partial charge on any atom is 0.0670 e. The highest BCUT2D eigenvalue weighted by atomic mass is 31.1. The summed E-state index contributed by atoms with van der Waals surface area (Å²) in [7, 11) is -0.342. The quantitative estimate of drug-likeness (QED) is 0.459. The van der Waals surface area contributed by atoms with Crippen LogP contribution in [0.4, 0.5) is 4.20 Å². The molecule has 0 aliphatic heterocycles. The van der Waals surface area contributed by atoms with E-state index in [1.165, 1.54) is 0 Å². The highest BCUT2D eigenvalue weighted by Crippen LogP contribution is 2.09. The van der Waals surface area contributed by atoms with Crippen molar-refractivity contribution in [1.29, 1.82) is 0 Å². The van der Waals surface area contributed by atoms with Gasteiger partial charge in [-0.25, -0.2) is 4.20 Å². The highest BCUT2D eigenvalue weighted by Gasteiger charge is 1.71. The minimum Gasteiger partial charge on any atom is -0.231 e. The molecule has 0 aliphatic rings. The minimum atomic E-state index is -0.342. The maximum absolute atomic E-state index is 11.0. The molecule has 0 radical (unpaired) electrons. The van der Waals surface area contributed by atoms with Gasteiger partial charge in [-0.1, -0.05) is 13.3 Å². The summed E-state index contributed by atoms with van der Waals surface area (Å²) in [6.07, 6.45) is 1.73. The molecule has 0 heterocycles. The predicted molar refractivity (Wildman–Crippen MR) is 24.6 cm³/mol. The van der Waals surface area contributed by atoms with Gasteiger partial charge < -0.3 is 0 Å². The van der Waals surface area contributed by atoms with Crippen molar-refractivity contribution in [2.75, 3.05) is 6.16 Å². The van der Waals surface area contributed by atoms with Crippen LogP contribution >= 0.6 is 8.89 Å². The first-order valence-corrected chi connectivity index (χ1v) is 2.83. The van der Waals surface area contributed by atoms with Gasteiger partial charge in [0.25, 0.3) is 0 Å². The Morgan fingerprint density at radius 1 is 1.80 bits per heavy atom. The Hall–Kier alpha value is 0.360. The lowest BCUT2D eigenvalue weighted by molar-refractivity contribution is 0.901. The Morgan fingerprint density at radius 2 is 2.40 bits per heavy atom. The van der Waals surface area contributed by atoms with E-state index in [4.69, 9.17) is 0 Å². The number of halogens is 1. The van der Waals surface area contributed by atoms with Crippen LogP contribution in [0.15, 0.2) is 0 Å². The Kier molecular flexibility index (Phi) is 4.67. The molecule has 0 fully saturated rings. The first-order valence-electron chi connectivity index (χ1n) is 1.75. The topological polar surface area (TPSA) is 0 Å². The second kappa shape index (κ2) is 4.36. The summed E-state index contributed by atoms with van der Waals surface area (Å²) in [5.74, 6) is 0. The normalized spacial score (nSPS) is 10.8. The molecule has 2 heteroatoms. The fourth-order valence-electron chi connectivity index (χ4n) is 0.0945. The zero-order valence-corrected chi connectivity index (χ0v) is 4.29. The van der Waals surface area contributed by atoms with Crippen LogP contribution in [-0.2, 0) is 0 Å². The van der Waals surface area contributed by atoms with E-state index in [9.17, 15) is 4.20 Å². The monoisotopic (exact) mass is 94.0 g/mol. The van der Waals surface area contributed by atoms with Crippen molar-refractivity contribution in [3.05, 3.63) is 0 Å². The molecule has 0 amide bonds. The number of rotatable bonds is 2. The molecule has 0 aromatic heterocycles. The second-order valence-electron chi connectivity index (χ2n) is 0.884. The number of hydrogen-bond acceptors (Lipinski definition) is 0. The zero-order chi connectivity index (χ0) is 4.12. The van der Waals surface area contributed by atoms with Gasteiger partial charge in [-0.2, -0.15) is 0 Å².